The Bertz CT molecular complexity index is 1760. The third-order valence-electron chi connectivity index (χ3n) is 17.1. The molecule has 91 heavy (non-hydrogen) atoms. The molecule has 0 fully saturated rings. The number of unbranched alkanes of at least 4 members (excludes halogenated alkanes) is 43. The molecule has 0 rings (SSSR count). The highest BCUT2D eigenvalue weighted by molar-refractivity contribution is 7.47. The van der Waals surface area contributed by atoms with Gasteiger partial charge in [-0.25, -0.2) is 9.13 Å². The molecule has 6 atom stereocenters. The lowest BCUT2D eigenvalue weighted by Gasteiger charge is -2.21. The maximum absolute atomic E-state index is 13.0. The molecule has 0 aromatic heterocycles. The highest BCUT2D eigenvalue weighted by Gasteiger charge is 2.30. The number of hydrogen-bond acceptors (Lipinski definition) is 15. The van der Waals surface area contributed by atoms with Gasteiger partial charge in [-0.05, 0) is 31.6 Å². The van der Waals surface area contributed by atoms with Gasteiger partial charge in [0.05, 0.1) is 26.4 Å². The van der Waals surface area contributed by atoms with Crippen LogP contribution in [0.5, 0.6) is 0 Å². The second-order valence-corrected chi connectivity index (χ2v) is 29.1. The molecule has 3 N–H and O–H groups in total. The van der Waals surface area contributed by atoms with Crippen LogP contribution in [0.15, 0.2) is 0 Å². The molecule has 0 aromatic carbocycles. The van der Waals surface area contributed by atoms with Crippen molar-refractivity contribution in [3.8, 4) is 0 Å². The highest BCUT2D eigenvalue weighted by atomic mass is 31.2. The quantitative estimate of drug-likeness (QED) is 0.0222. The summed E-state index contributed by atoms with van der Waals surface area (Å²) in [6.07, 6.45) is 52.7. The molecule has 0 aliphatic rings. The van der Waals surface area contributed by atoms with Crippen LogP contribution >= 0.6 is 15.6 Å². The number of phosphoric ester groups is 2. The van der Waals surface area contributed by atoms with E-state index in [0.29, 0.717) is 25.7 Å². The van der Waals surface area contributed by atoms with Gasteiger partial charge in [-0.2, -0.15) is 0 Å². The summed E-state index contributed by atoms with van der Waals surface area (Å²) < 4.78 is 68.3. The molecule has 0 aliphatic heterocycles. The van der Waals surface area contributed by atoms with Crippen molar-refractivity contribution in [2.75, 3.05) is 39.6 Å². The van der Waals surface area contributed by atoms with Gasteiger partial charge in [0.25, 0.3) is 0 Å². The van der Waals surface area contributed by atoms with Crippen molar-refractivity contribution in [1.29, 1.82) is 0 Å². The Labute approximate surface area is 556 Å². The number of carbonyl (C=O) groups is 4. The molecule has 0 aromatic rings. The third-order valence-corrected chi connectivity index (χ3v) is 19.0. The van der Waals surface area contributed by atoms with Gasteiger partial charge < -0.3 is 33.8 Å². The zero-order chi connectivity index (χ0) is 67.0. The van der Waals surface area contributed by atoms with Crippen LogP contribution in [0.4, 0.5) is 0 Å². The number of carbonyl (C=O) groups excluding carboxylic acids is 4. The summed E-state index contributed by atoms with van der Waals surface area (Å²) >= 11 is 0. The number of phosphoric acid groups is 2. The van der Waals surface area contributed by atoms with Crippen LogP contribution in [-0.4, -0.2) is 96.7 Å². The van der Waals surface area contributed by atoms with Crippen molar-refractivity contribution in [2.24, 2.45) is 5.92 Å². The van der Waals surface area contributed by atoms with E-state index in [1.54, 1.807) is 0 Å². The molecule has 540 valence electrons. The van der Waals surface area contributed by atoms with E-state index in [4.69, 9.17) is 37.0 Å². The summed E-state index contributed by atoms with van der Waals surface area (Å²) in [6.45, 7) is 7.21. The first kappa shape index (κ1) is 89.1. The van der Waals surface area contributed by atoms with E-state index in [-0.39, 0.29) is 25.7 Å². The fourth-order valence-corrected chi connectivity index (χ4v) is 12.5. The summed E-state index contributed by atoms with van der Waals surface area (Å²) in [5.74, 6) is -1.39. The molecular weight excluding hydrogens is 1200 g/mol. The summed E-state index contributed by atoms with van der Waals surface area (Å²) in [7, 11) is -9.90. The van der Waals surface area contributed by atoms with Gasteiger partial charge in [-0.3, -0.25) is 37.3 Å². The van der Waals surface area contributed by atoms with Gasteiger partial charge in [0.2, 0.25) is 0 Å². The van der Waals surface area contributed by atoms with Crippen molar-refractivity contribution >= 4 is 39.5 Å². The first-order valence-electron chi connectivity index (χ1n) is 37.7. The van der Waals surface area contributed by atoms with Crippen LogP contribution in [0.3, 0.4) is 0 Å². The fraction of sp³-hybridized carbons (Fsp3) is 0.944. The van der Waals surface area contributed by atoms with Crippen LogP contribution in [-0.2, 0) is 65.4 Å². The molecule has 17 nitrogen and oxygen atoms in total. The summed E-state index contributed by atoms with van der Waals surface area (Å²) in [6, 6.07) is 0. The van der Waals surface area contributed by atoms with Gasteiger partial charge in [-0.1, -0.05) is 324 Å². The molecule has 3 unspecified atom stereocenters. The minimum Gasteiger partial charge on any atom is -0.462 e. The molecule has 0 spiro atoms. The average Bonchev–Trinajstić information content (AvgIpc) is 3.74. The lowest BCUT2D eigenvalue weighted by Crippen LogP contribution is -2.30. The van der Waals surface area contributed by atoms with Crippen LogP contribution in [0.2, 0.25) is 0 Å². The number of aliphatic hydroxyl groups excluding tert-OH is 1. The van der Waals surface area contributed by atoms with E-state index in [2.05, 4.69) is 34.6 Å². The number of ether oxygens (including phenoxy) is 4. The minimum atomic E-state index is -4.95. The fourth-order valence-electron chi connectivity index (χ4n) is 11.0. The Hall–Kier alpha value is -1.94. The van der Waals surface area contributed by atoms with E-state index < -0.39 is 97.5 Å². The number of hydrogen-bond donors (Lipinski definition) is 3. The molecule has 0 aliphatic carbocycles. The van der Waals surface area contributed by atoms with Gasteiger partial charge in [-0.15, -0.1) is 0 Å². The number of rotatable bonds is 72. The minimum absolute atomic E-state index is 0.106. The van der Waals surface area contributed by atoms with Gasteiger partial charge in [0.1, 0.15) is 19.3 Å². The molecule has 0 radical (unpaired) electrons. The van der Waals surface area contributed by atoms with E-state index in [9.17, 15) is 43.2 Å². The molecular formula is C72H140O17P2. The van der Waals surface area contributed by atoms with Gasteiger partial charge >= 0.3 is 39.5 Å². The highest BCUT2D eigenvalue weighted by Crippen LogP contribution is 2.45. The second-order valence-electron chi connectivity index (χ2n) is 26.2. The number of aliphatic hydroxyl groups is 1. The zero-order valence-corrected chi connectivity index (χ0v) is 60.8. The van der Waals surface area contributed by atoms with Crippen LogP contribution in [0.1, 0.15) is 375 Å². The SMILES string of the molecule is CCCCCCCCCCCCCCCCCCCCCC(=O)O[C@H](COC(=O)CCCCCCCCCCCCC)COP(=O)(O)OC[C@@H](O)COP(=O)(O)OC[C@@H](COC(=O)CCCCCCCCC(C)CC)OC(=O)CCCCCCCCCCCCC. The van der Waals surface area contributed by atoms with Gasteiger partial charge in [0.15, 0.2) is 12.2 Å². The van der Waals surface area contributed by atoms with Gasteiger partial charge in [0, 0.05) is 25.7 Å². The van der Waals surface area contributed by atoms with E-state index in [0.717, 1.165) is 102 Å². The third kappa shape index (κ3) is 65.1. The topological polar surface area (TPSA) is 237 Å². The molecule has 0 bridgehead atoms. The van der Waals surface area contributed by atoms with Crippen LogP contribution in [0, 0.1) is 5.92 Å². The molecule has 0 heterocycles. The summed E-state index contributed by atoms with van der Waals surface area (Å²) in [4.78, 5) is 72.6. The second kappa shape index (κ2) is 65.4. The largest absolute Gasteiger partial charge is 0.472 e. The predicted molar refractivity (Wildman–Crippen MR) is 368 cm³/mol. The lowest BCUT2D eigenvalue weighted by molar-refractivity contribution is -0.161. The average molecular weight is 1340 g/mol. The van der Waals surface area contributed by atoms with Crippen molar-refractivity contribution in [2.45, 2.75) is 393 Å². The van der Waals surface area contributed by atoms with Crippen molar-refractivity contribution in [1.82, 2.24) is 0 Å². The predicted octanol–water partition coefficient (Wildman–Crippen LogP) is 20.9. The van der Waals surface area contributed by atoms with E-state index in [1.807, 2.05) is 0 Å². The molecule has 0 saturated heterocycles. The Kier molecular flexibility index (Phi) is 64.0. The summed E-state index contributed by atoms with van der Waals surface area (Å²) in [5, 5.41) is 10.6. The lowest BCUT2D eigenvalue weighted by atomic mass is 10.00. The smallest absolute Gasteiger partial charge is 0.462 e. The Morgan fingerprint density at radius 1 is 0.308 bits per heavy atom. The van der Waals surface area contributed by atoms with E-state index >= 15 is 0 Å². The Morgan fingerprint density at radius 2 is 0.527 bits per heavy atom. The maximum atomic E-state index is 13.0. The van der Waals surface area contributed by atoms with E-state index in [1.165, 1.54) is 193 Å². The molecule has 0 amide bonds. The standard InChI is InChI=1S/C72H140O17P2/c1-6-10-13-16-19-22-25-26-27-28-29-30-31-32-35-38-41-48-53-58-72(77)88-67(61-82-69(74)55-50-45-39-36-33-23-20-17-14-11-7-2)63-86-90(78,79)84-59-66(73)60-85-91(80,81)87-64-68(62-83-70(75)56-51-46-43-42-44-49-54-65(5)9-4)89-71(76)57-52-47-40-37-34-24-21-18-15-12-8-3/h65-68,73H,6-64H2,1-5H3,(H,78,79)(H,80,81)/t65?,66-,67-,68-/m1/s1. The van der Waals surface area contributed by atoms with Crippen LogP contribution < -0.4 is 0 Å². The number of esters is 4. The van der Waals surface area contributed by atoms with Crippen molar-refractivity contribution in [3.63, 3.8) is 0 Å². The molecule has 0 saturated carbocycles. The first-order chi connectivity index (χ1) is 44.1. The molecule has 19 heteroatoms. The first-order valence-corrected chi connectivity index (χ1v) is 40.7. The Morgan fingerprint density at radius 3 is 0.780 bits per heavy atom. The Balaban J connectivity index is 5.20. The monoisotopic (exact) mass is 1340 g/mol. The van der Waals surface area contributed by atoms with Crippen molar-refractivity contribution < 1.29 is 80.2 Å². The summed E-state index contributed by atoms with van der Waals surface area (Å²) in [5.41, 5.74) is 0. The maximum Gasteiger partial charge on any atom is 0.472 e. The van der Waals surface area contributed by atoms with Crippen LogP contribution in [0.25, 0.3) is 0 Å². The normalized spacial score (nSPS) is 14.3. The zero-order valence-electron chi connectivity index (χ0n) is 59.0. The van der Waals surface area contributed by atoms with Crippen molar-refractivity contribution in [3.05, 3.63) is 0 Å².